The van der Waals surface area contributed by atoms with E-state index in [4.69, 9.17) is 0 Å². The monoisotopic (exact) mass is 297 g/mol. The molecule has 3 nitrogen and oxygen atoms in total. The number of benzene rings is 1. The summed E-state index contributed by atoms with van der Waals surface area (Å²) in [6, 6.07) is 11.3. The third-order valence-electron chi connectivity index (χ3n) is 3.76. The largest absolute Gasteiger partial charge is 0.369 e. The molecule has 108 valence electrons. The molecule has 1 N–H and O–H groups in total. The Bertz CT molecular complexity index is 639. The minimum atomic E-state index is 0.691. The molecule has 1 saturated carbocycles. The van der Waals surface area contributed by atoms with E-state index in [1.54, 1.807) is 11.3 Å². The summed E-state index contributed by atoms with van der Waals surface area (Å²) in [5, 5.41) is 17.1. The van der Waals surface area contributed by atoms with Crippen molar-refractivity contribution < 1.29 is 0 Å². The maximum Gasteiger partial charge on any atom is 0.101 e. The summed E-state index contributed by atoms with van der Waals surface area (Å²) in [6.45, 7) is 1.69. The van der Waals surface area contributed by atoms with Crippen LogP contribution in [0.4, 0.5) is 5.69 Å². The minimum absolute atomic E-state index is 0.691. The van der Waals surface area contributed by atoms with Crippen molar-refractivity contribution in [3.8, 4) is 6.07 Å². The second-order valence-electron chi connectivity index (χ2n) is 5.61. The first-order valence-corrected chi connectivity index (χ1v) is 8.19. The zero-order chi connectivity index (χ0) is 14.7. The predicted molar refractivity (Wildman–Crippen MR) is 87.4 cm³/mol. The predicted octanol–water partition coefficient (Wildman–Crippen LogP) is 3.51. The van der Waals surface area contributed by atoms with Crippen LogP contribution in [-0.2, 0) is 13.1 Å². The molecule has 1 aromatic heterocycles. The normalized spacial score (nSPS) is 13.9. The smallest absolute Gasteiger partial charge is 0.101 e. The fraction of sp³-hybridized carbons (Fsp3) is 0.353. The summed E-state index contributed by atoms with van der Waals surface area (Å²) >= 11 is 1.70. The van der Waals surface area contributed by atoms with Gasteiger partial charge in [0.2, 0.25) is 0 Å². The molecule has 2 aromatic rings. The molecule has 1 fully saturated rings. The Balaban J connectivity index is 1.72. The van der Waals surface area contributed by atoms with Gasteiger partial charge in [0.1, 0.15) is 6.07 Å². The summed E-state index contributed by atoms with van der Waals surface area (Å²) < 4.78 is 0. The van der Waals surface area contributed by atoms with E-state index in [0.717, 1.165) is 24.3 Å². The zero-order valence-corrected chi connectivity index (χ0v) is 13.0. The third kappa shape index (κ3) is 3.63. The Kier molecular flexibility index (Phi) is 4.23. The van der Waals surface area contributed by atoms with Gasteiger partial charge in [-0.1, -0.05) is 6.07 Å². The standard InChI is InChI=1S/C17H19N3S/c1-20(11-14-6-7-21-12-14)17-5-2-13(8-15(17)9-18)10-19-16-3-4-16/h2,5-8,12,16,19H,3-4,10-11H2,1H3. The van der Waals surface area contributed by atoms with E-state index in [2.05, 4.69) is 45.2 Å². The number of rotatable bonds is 6. The lowest BCUT2D eigenvalue weighted by molar-refractivity contribution is 0.687. The second-order valence-corrected chi connectivity index (χ2v) is 6.39. The molecule has 21 heavy (non-hydrogen) atoms. The summed E-state index contributed by atoms with van der Waals surface area (Å²) in [7, 11) is 2.04. The number of nitrogens with zero attached hydrogens (tertiary/aromatic N) is 2. The first-order chi connectivity index (χ1) is 10.3. The van der Waals surface area contributed by atoms with E-state index < -0.39 is 0 Å². The van der Waals surface area contributed by atoms with Crippen molar-refractivity contribution in [2.75, 3.05) is 11.9 Å². The van der Waals surface area contributed by atoms with E-state index in [9.17, 15) is 5.26 Å². The van der Waals surface area contributed by atoms with E-state index in [1.165, 1.54) is 24.0 Å². The number of nitrogens with one attached hydrogen (secondary N) is 1. The fourth-order valence-corrected chi connectivity index (χ4v) is 3.07. The Labute approximate surface area is 129 Å². The lowest BCUT2D eigenvalue weighted by Crippen LogP contribution is -2.18. The van der Waals surface area contributed by atoms with Gasteiger partial charge >= 0.3 is 0 Å². The van der Waals surface area contributed by atoms with Crippen LogP contribution in [0.2, 0.25) is 0 Å². The first kappa shape index (κ1) is 14.1. The van der Waals surface area contributed by atoms with Crippen molar-refractivity contribution in [3.63, 3.8) is 0 Å². The summed E-state index contributed by atoms with van der Waals surface area (Å²) in [4.78, 5) is 2.14. The highest BCUT2D eigenvalue weighted by molar-refractivity contribution is 7.07. The molecular formula is C17H19N3S. The van der Waals surface area contributed by atoms with Crippen LogP contribution in [0.15, 0.2) is 35.0 Å². The zero-order valence-electron chi connectivity index (χ0n) is 12.2. The van der Waals surface area contributed by atoms with Gasteiger partial charge in [-0.25, -0.2) is 0 Å². The molecule has 0 unspecified atom stereocenters. The molecule has 1 aliphatic rings. The van der Waals surface area contributed by atoms with E-state index in [1.807, 2.05) is 13.1 Å². The molecule has 1 heterocycles. The molecule has 3 rings (SSSR count). The Morgan fingerprint density at radius 1 is 1.33 bits per heavy atom. The SMILES string of the molecule is CN(Cc1ccsc1)c1ccc(CNC2CC2)cc1C#N. The van der Waals surface area contributed by atoms with Crippen LogP contribution in [0, 0.1) is 11.3 Å². The van der Waals surface area contributed by atoms with Gasteiger partial charge in [0.05, 0.1) is 11.3 Å². The average molecular weight is 297 g/mol. The van der Waals surface area contributed by atoms with Gasteiger partial charge in [-0.15, -0.1) is 0 Å². The van der Waals surface area contributed by atoms with E-state index in [0.29, 0.717) is 6.04 Å². The number of thiophene rings is 1. The lowest BCUT2D eigenvalue weighted by Gasteiger charge is -2.20. The highest BCUT2D eigenvalue weighted by Crippen LogP contribution is 2.24. The maximum atomic E-state index is 9.41. The minimum Gasteiger partial charge on any atom is -0.369 e. The van der Waals surface area contributed by atoms with Crippen LogP contribution in [0.1, 0.15) is 29.5 Å². The Morgan fingerprint density at radius 3 is 2.86 bits per heavy atom. The topological polar surface area (TPSA) is 39.1 Å². The molecular weight excluding hydrogens is 278 g/mol. The van der Waals surface area contributed by atoms with Crippen LogP contribution in [0.25, 0.3) is 0 Å². The lowest BCUT2D eigenvalue weighted by atomic mass is 10.1. The second kappa shape index (κ2) is 6.30. The molecule has 1 aliphatic carbocycles. The molecule has 0 radical (unpaired) electrons. The fourth-order valence-electron chi connectivity index (χ4n) is 2.41. The number of anilines is 1. The van der Waals surface area contributed by atoms with Gasteiger partial charge in [0.15, 0.2) is 0 Å². The van der Waals surface area contributed by atoms with Crippen molar-refractivity contribution >= 4 is 17.0 Å². The average Bonchev–Trinajstić information content (AvgIpc) is 3.20. The molecule has 0 saturated heterocycles. The van der Waals surface area contributed by atoms with Crippen molar-refractivity contribution in [2.24, 2.45) is 0 Å². The first-order valence-electron chi connectivity index (χ1n) is 7.25. The Morgan fingerprint density at radius 2 is 2.19 bits per heavy atom. The molecule has 0 atom stereocenters. The summed E-state index contributed by atoms with van der Waals surface area (Å²) in [5.74, 6) is 0. The quantitative estimate of drug-likeness (QED) is 0.887. The van der Waals surface area contributed by atoms with E-state index >= 15 is 0 Å². The van der Waals surface area contributed by atoms with Crippen molar-refractivity contribution in [1.29, 1.82) is 5.26 Å². The van der Waals surface area contributed by atoms with Crippen molar-refractivity contribution in [2.45, 2.75) is 32.0 Å². The van der Waals surface area contributed by atoms with Gasteiger partial charge in [-0.05, 0) is 52.9 Å². The molecule has 0 bridgehead atoms. The van der Waals surface area contributed by atoms with Crippen LogP contribution < -0.4 is 10.2 Å². The van der Waals surface area contributed by atoms with Crippen LogP contribution in [0.5, 0.6) is 0 Å². The van der Waals surface area contributed by atoms with Gasteiger partial charge in [-0.2, -0.15) is 16.6 Å². The molecule has 1 aromatic carbocycles. The molecule has 4 heteroatoms. The maximum absolute atomic E-state index is 9.41. The number of nitriles is 1. The van der Waals surface area contributed by atoms with Crippen molar-refractivity contribution in [1.82, 2.24) is 5.32 Å². The molecule has 0 amide bonds. The highest BCUT2D eigenvalue weighted by atomic mass is 32.1. The van der Waals surface area contributed by atoms with E-state index in [-0.39, 0.29) is 0 Å². The van der Waals surface area contributed by atoms with Crippen LogP contribution >= 0.6 is 11.3 Å². The van der Waals surface area contributed by atoms with Gasteiger partial charge in [-0.3, -0.25) is 0 Å². The number of hydrogen-bond acceptors (Lipinski definition) is 4. The molecule has 0 aliphatic heterocycles. The van der Waals surface area contributed by atoms with Gasteiger partial charge in [0.25, 0.3) is 0 Å². The van der Waals surface area contributed by atoms with Gasteiger partial charge < -0.3 is 10.2 Å². The van der Waals surface area contributed by atoms with Crippen LogP contribution in [-0.4, -0.2) is 13.1 Å². The summed E-state index contributed by atoms with van der Waals surface area (Å²) in [6.07, 6.45) is 2.57. The molecule has 0 spiro atoms. The summed E-state index contributed by atoms with van der Waals surface area (Å²) in [5.41, 5.74) is 4.22. The number of hydrogen-bond donors (Lipinski definition) is 1. The highest BCUT2D eigenvalue weighted by Gasteiger charge is 2.20. The Hall–Kier alpha value is -1.83. The van der Waals surface area contributed by atoms with Crippen molar-refractivity contribution in [3.05, 3.63) is 51.7 Å². The van der Waals surface area contributed by atoms with Crippen LogP contribution in [0.3, 0.4) is 0 Å². The van der Waals surface area contributed by atoms with Gasteiger partial charge in [0, 0.05) is 26.2 Å². The third-order valence-corrected chi connectivity index (χ3v) is 4.50.